The second-order valence-corrected chi connectivity index (χ2v) is 10.0. The Morgan fingerprint density at radius 3 is 2.21 bits per heavy atom. The summed E-state index contributed by atoms with van der Waals surface area (Å²) in [5.41, 5.74) is 8.30. The average molecular weight is 441 g/mol. The van der Waals surface area contributed by atoms with E-state index in [2.05, 4.69) is 97.0 Å². The van der Waals surface area contributed by atoms with Crippen molar-refractivity contribution in [1.82, 2.24) is 0 Å². The van der Waals surface area contributed by atoms with Crippen LogP contribution in [0.1, 0.15) is 78.5 Å². The monoisotopic (exact) mass is 440 g/mol. The highest BCUT2D eigenvalue weighted by atomic mass is 16.5. The topological polar surface area (TPSA) is 18.5 Å². The minimum atomic E-state index is -0.324. The van der Waals surface area contributed by atoms with Crippen LogP contribution < -0.4 is 9.47 Å². The summed E-state index contributed by atoms with van der Waals surface area (Å²) in [5.74, 6) is 2.69. The first-order valence-electron chi connectivity index (χ1n) is 12.0. The molecule has 33 heavy (non-hydrogen) atoms. The van der Waals surface area contributed by atoms with E-state index in [1.165, 1.54) is 33.4 Å². The number of benzene rings is 3. The van der Waals surface area contributed by atoms with Gasteiger partial charge in [0.1, 0.15) is 23.7 Å². The van der Waals surface area contributed by atoms with Gasteiger partial charge in [-0.25, -0.2) is 0 Å². The van der Waals surface area contributed by atoms with Crippen molar-refractivity contribution in [2.24, 2.45) is 0 Å². The van der Waals surface area contributed by atoms with Crippen LogP contribution in [0.3, 0.4) is 0 Å². The van der Waals surface area contributed by atoms with Crippen LogP contribution in [0.25, 0.3) is 6.08 Å². The first-order valence-corrected chi connectivity index (χ1v) is 12.0. The van der Waals surface area contributed by atoms with Gasteiger partial charge in [-0.2, -0.15) is 0 Å². The van der Waals surface area contributed by atoms with Gasteiger partial charge in [0.15, 0.2) is 0 Å². The normalized spacial score (nSPS) is 16.8. The molecule has 1 heterocycles. The van der Waals surface area contributed by atoms with E-state index in [1.807, 2.05) is 18.2 Å². The van der Waals surface area contributed by atoms with E-state index in [9.17, 15) is 0 Å². The minimum Gasteiger partial charge on any atom is -0.489 e. The summed E-state index contributed by atoms with van der Waals surface area (Å²) in [5, 5.41) is 0. The smallest absolute Gasteiger partial charge is 0.127 e. The maximum absolute atomic E-state index is 6.60. The van der Waals surface area contributed by atoms with Gasteiger partial charge in [-0.1, -0.05) is 74.5 Å². The van der Waals surface area contributed by atoms with Gasteiger partial charge in [0.05, 0.1) is 5.92 Å². The lowest BCUT2D eigenvalue weighted by Gasteiger charge is -2.27. The molecule has 0 aliphatic carbocycles. The molecule has 1 aliphatic rings. The molecule has 0 N–H and O–H groups in total. The summed E-state index contributed by atoms with van der Waals surface area (Å²) in [6, 6.07) is 19.4. The molecule has 1 aliphatic heterocycles. The van der Waals surface area contributed by atoms with Crippen molar-refractivity contribution >= 4 is 6.08 Å². The van der Waals surface area contributed by atoms with E-state index in [1.54, 1.807) is 0 Å². The highest BCUT2D eigenvalue weighted by molar-refractivity contribution is 5.64. The van der Waals surface area contributed by atoms with Gasteiger partial charge in [-0.15, -0.1) is 0 Å². The highest BCUT2D eigenvalue weighted by Crippen LogP contribution is 2.54. The molecule has 2 nitrogen and oxygen atoms in total. The van der Waals surface area contributed by atoms with Crippen molar-refractivity contribution < 1.29 is 9.47 Å². The highest BCUT2D eigenvalue weighted by Gasteiger charge is 2.45. The third kappa shape index (κ3) is 4.44. The fraction of sp³-hybridized carbons (Fsp3) is 0.355. The SMILES string of the molecule is Cc1c(C)c2c(c(C)c1OC/C=C/c1ccccc1)C(c1ccc(C(C)C)cc1)C(C)(C)O2. The van der Waals surface area contributed by atoms with Crippen molar-refractivity contribution in [1.29, 1.82) is 0 Å². The van der Waals surface area contributed by atoms with Gasteiger partial charge >= 0.3 is 0 Å². The molecule has 1 unspecified atom stereocenters. The molecule has 0 saturated carbocycles. The van der Waals surface area contributed by atoms with E-state index in [0.717, 1.165) is 17.1 Å². The second kappa shape index (κ2) is 9.09. The average Bonchev–Trinajstić information content (AvgIpc) is 3.09. The lowest BCUT2D eigenvalue weighted by molar-refractivity contribution is 0.121. The third-order valence-electron chi connectivity index (χ3n) is 6.95. The number of fused-ring (bicyclic) bond motifs is 1. The van der Waals surface area contributed by atoms with Crippen LogP contribution in [0.5, 0.6) is 11.5 Å². The molecule has 0 radical (unpaired) electrons. The Balaban J connectivity index is 1.69. The van der Waals surface area contributed by atoms with Gasteiger partial charge < -0.3 is 9.47 Å². The van der Waals surface area contributed by atoms with E-state index in [0.29, 0.717) is 12.5 Å². The van der Waals surface area contributed by atoms with Crippen LogP contribution in [-0.4, -0.2) is 12.2 Å². The van der Waals surface area contributed by atoms with Crippen LogP contribution in [0.4, 0.5) is 0 Å². The molecule has 3 aromatic rings. The first kappa shape index (κ1) is 23.2. The standard InChI is InChI=1S/C31H36O2/c1-20(2)25-15-17-26(18-16-25)28-27-23(5)29(21(3)22(4)30(27)33-31(28,6)7)32-19-11-14-24-12-9-8-10-13-24/h8-18,20,28H,19H2,1-7H3/b14-11+. The number of rotatable bonds is 6. The molecule has 4 rings (SSSR count). The van der Waals surface area contributed by atoms with E-state index in [4.69, 9.17) is 9.47 Å². The summed E-state index contributed by atoms with van der Waals surface area (Å²) in [4.78, 5) is 0. The van der Waals surface area contributed by atoms with Crippen molar-refractivity contribution in [2.45, 2.75) is 65.9 Å². The van der Waals surface area contributed by atoms with Crippen LogP contribution in [0.2, 0.25) is 0 Å². The van der Waals surface area contributed by atoms with Gasteiger partial charge in [-0.3, -0.25) is 0 Å². The van der Waals surface area contributed by atoms with Crippen LogP contribution in [0, 0.1) is 20.8 Å². The lowest BCUT2D eigenvalue weighted by atomic mass is 9.78. The molecule has 0 bridgehead atoms. The molecule has 0 spiro atoms. The van der Waals surface area contributed by atoms with Gasteiger partial charge in [0, 0.05) is 5.56 Å². The minimum absolute atomic E-state index is 0.162. The van der Waals surface area contributed by atoms with Gasteiger partial charge in [0.2, 0.25) is 0 Å². The zero-order valence-electron chi connectivity index (χ0n) is 21.0. The zero-order chi connectivity index (χ0) is 23.8. The first-order chi connectivity index (χ1) is 15.7. The predicted molar refractivity (Wildman–Crippen MR) is 139 cm³/mol. The van der Waals surface area contributed by atoms with Crippen molar-refractivity contribution in [3.8, 4) is 11.5 Å². The molecule has 2 heteroatoms. The zero-order valence-corrected chi connectivity index (χ0v) is 21.0. The van der Waals surface area contributed by atoms with Crippen molar-refractivity contribution in [2.75, 3.05) is 6.61 Å². The number of hydrogen-bond acceptors (Lipinski definition) is 2. The molecule has 0 aromatic heterocycles. The van der Waals surface area contributed by atoms with E-state index in [-0.39, 0.29) is 11.5 Å². The quantitative estimate of drug-likeness (QED) is 0.385. The van der Waals surface area contributed by atoms with Crippen LogP contribution >= 0.6 is 0 Å². The fourth-order valence-electron chi connectivity index (χ4n) is 5.00. The largest absolute Gasteiger partial charge is 0.489 e. The van der Waals surface area contributed by atoms with Crippen LogP contribution in [-0.2, 0) is 0 Å². The fourth-order valence-corrected chi connectivity index (χ4v) is 5.00. The molecule has 0 amide bonds. The summed E-state index contributed by atoms with van der Waals surface area (Å²) in [7, 11) is 0. The van der Waals surface area contributed by atoms with Crippen molar-refractivity contribution in [3.05, 3.63) is 99.6 Å². The molecule has 0 fully saturated rings. The lowest BCUT2D eigenvalue weighted by Crippen LogP contribution is -2.31. The molecule has 172 valence electrons. The second-order valence-electron chi connectivity index (χ2n) is 10.0. The Morgan fingerprint density at radius 2 is 1.58 bits per heavy atom. The van der Waals surface area contributed by atoms with E-state index >= 15 is 0 Å². The summed E-state index contributed by atoms with van der Waals surface area (Å²) in [6.07, 6.45) is 4.19. The molecular weight excluding hydrogens is 404 g/mol. The third-order valence-corrected chi connectivity index (χ3v) is 6.95. The molecule has 0 saturated heterocycles. The Kier molecular flexibility index (Phi) is 6.38. The number of ether oxygens (including phenoxy) is 2. The Morgan fingerprint density at radius 1 is 0.909 bits per heavy atom. The maximum Gasteiger partial charge on any atom is 0.127 e. The molecular formula is C31H36O2. The van der Waals surface area contributed by atoms with E-state index < -0.39 is 0 Å². The Bertz CT molecular complexity index is 1150. The number of hydrogen-bond donors (Lipinski definition) is 0. The summed E-state index contributed by atoms with van der Waals surface area (Å²) < 4.78 is 13.0. The predicted octanol–water partition coefficient (Wildman–Crippen LogP) is 8.13. The molecule has 1 atom stereocenters. The van der Waals surface area contributed by atoms with Gasteiger partial charge in [0.25, 0.3) is 0 Å². The van der Waals surface area contributed by atoms with Gasteiger partial charge in [-0.05, 0) is 80.0 Å². The van der Waals surface area contributed by atoms with Crippen LogP contribution in [0.15, 0.2) is 60.7 Å². The summed E-state index contributed by atoms with van der Waals surface area (Å²) in [6.45, 7) is 15.9. The molecule has 3 aromatic carbocycles. The van der Waals surface area contributed by atoms with Crippen molar-refractivity contribution in [3.63, 3.8) is 0 Å². The Labute approximate surface area is 199 Å². The maximum atomic E-state index is 6.60. The summed E-state index contributed by atoms with van der Waals surface area (Å²) >= 11 is 0. The Hall–Kier alpha value is -3.00.